The van der Waals surface area contributed by atoms with Crippen LogP contribution in [0.5, 0.6) is 0 Å². The van der Waals surface area contributed by atoms with Crippen LogP contribution in [0.1, 0.15) is 30.4 Å². The summed E-state index contributed by atoms with van der Waals surface area (Å²) in [5, 5.41) is 3.76. The molecule has 0 spiro atoms. The van der Waals surface area contributed by atoms with Gasteiger partial charge in [0.25, 0.3) is 0 Å². The Bertz CT molecular complexity index is 752. The quantitative estimate of drug-likeness (QED) is 0.487. The molecule has 1 atom stereocenters. The van der Waals surface area contributed by atoms with Crippen LogP contribution in [0.4, 0.5) is 0 Å². The van der Waals surface area contributed by atoms with E-state index in [4.69, 9.17) is 9.47 Å². The van der Waals surface area contributed by atoms with Crippen molar-refractivity contribution in [2.75, 3.05) is 32.1 Å². The number of aromatic nitrogens is 2. The van der Waals surface area contributed by atoms with Gasteiger partial charge in [-0.05, 0) is 56.4 Å². The molecule has 1 saturated heterocycles. The van der Waals surface area contributed by atoms with Crippen LogP contribution in [-0.4, -0.2) is 53.7 Å². The predicted octanol–water partition coefficient (Wildman–Crippen LogP) is 3.28. The molecule has 0 radical (unpaired) electrons. The Morgan fingerprint density at radius 2 is 2.18 bits per heavy atom. The Kier molecular flexibility index (Phi) is 7.94. The van der Waals surface area contributed by atoms with Crippen LogP contribution in [0.3, 0.4) is 0 Å². The van der Waals surface area contributed by atoms with Gasteiger partial charge in [-0.1, -0.05) is 17.8 Å². The Morgan fingerprint density at radius 1 is 1.36 bits per heavy atom. The number of benzene rings is 1. The van der Waals surface area contributed by atoms with Crippen LogP contribution in [0, 0.1) is 13.8 Å². The van der Waals surface area contributed by atoms with Gasteiger partial charge in [-0.2, -0.15) is 0 Å². The smallest absolute Gasteiger partial charge is 0.230 e. The van der Waals surface area contributed by atoms with Gasteiger partial charge >= 0.3 is 0 Å². The fraction of sp³-hybridized carbons (Fsp3) is 0.524. The van der Waals surface area contributed by atoms with Gasteiger partial charge in [-0.25, -0.2) is 4.98 Å². The molecule has 1 amide bonds. The molecule has 3 rings (SSSR count). The van der Waals surface area contributed by atoms with Crippen molar-refractivity contribution in [3.8, 4) is 5.69 Å². The first-order chi connectivity index (χ1) is 13.6. The van der Waals surface area contributed by atoms with Crippen molar-refractivity contribution >= 4 is 17.7 Å². The van der Waals surface area contributed by atoms with E-state index in [1.54, 1.807) is 6.20 Å². The Labute approximate surface area is 171 Å². The number of nitrogens with one attached hydrogen (secondary N) is 1. The second-order valence-corrected chi connectivity index (χ2v) is 8.07. The van der Waals surface area contributed by atoms with Gasteiger partial charge in [-0.15, -0.1) is 0 Å². The number of rotatable bonds is 10. The first-order valence-corrected chi connectivity index (χ1v) is 10.8. The number of hydrogen-bond acceptors (Lipinski definition) is 5. The maximum absolute atomic E-state index is 12.1. The van der Waals surface area contributed by atoms with E-state index in [9.17, 15) is 4.79 Å². The van der Waals surface area contributed by atoms with Gasteiger partial charge < -0.3 is 14.8 Å². The summed E-state index contributed by atoms with van der Waals surface area (Å²) in [6.07, 6.45) is 6.98. The average Bonchev–Trinajstić information content (AvgIpc) is 3.33. The average molecular weight is 404 g/mol. The van der Waals surface area contributed by atoms with Gasteiger partial charge in [0, 0.05) is 37.8 Å². The van der Waals surface area contributed by atoms with Gasteiger partial charge in [0.1, 0.15) is 0 Å². The van der Waals surface area contributed by atoms with E-state index >= 15 is 0 Å². The summed E-state index contributed by atoms with van der Waals surface area (Å²) in [5.41, 5.74) is 3.49. The third kappa shape index (κ3) is 6.36. The molecule has 7 heteroatoms. The van der Waals surface area contributed by atoms with Crippen LogP contribution >= 0.6 is 11.8 Å². The lowest BCUT2D eigenvalue weighted by Gasteiger charge is -2.11. The highest BCUT2D eigenvalue weighted by molar-refractivity contribution is 7.99. The van der Waals surface area contributed by atoms with Crippen molar-refractivity contribution in [2.24, 2.45) is 0 Å². The Morgan fingerprint density at radius 3 is 2.93 bits per heavy atom. The van der Waals surface area contributed by atoms with Crippen molar-refractivity contribution in [3.63, 3.8) is 0 Å². The molecule has 2 aromatic rings. The summed E-state index contributed by atoms with van der Waals surface area (Å²) in [4.78, 5) is 16.5. The van der Waals surface area contributed by atoms with E-state index in [1.807, 2.05) is 10.8 Å². The fourth-order valence-electron chi connectivity index (χ4n) is 3.26. The lowest BCUT2D eigenvalue weighted by atomic mass is 10.1. The topological polar surface area (TPSA) is 65.4 Å². The van der Waals surface area contributed by atoms with E-state index in [1.165, 1.54) is 22.9 Å². The number of hydrogen-bond donors (Lipinski definition) is 1. The summed E-state index contributed by atoms with van der Waals surface area (Å²) >= 11 is 1.45. The highest BCUT2D eigenvalue weighted by Gasteiger charge is 2.15. The molecule has 0 bridgehead atoms. The zero-order valence-corrected chi connectivity index (χ0v) is 17.5. The largest absolute Gasteiger partial charge is 0.379 e. The second-order valence-electron chi connectivity index (χ2n) is 7.13. The van der Waals surface area contributed by atoms with E-state index in [-0.39, 0.29) is 12.0 Å². The van der Waals surface area contributed by atoms with Crippen molar-refractivity contribution in [1.29, 1.82) is 0 Å². The van der Waals surface area contributed by atoms with Gasteiger partial charge in [0.15, 0.2) is 5.16 Å². The van der Waals surface area contributed by atoms with Crippen LogP contribution in [-0.2, 0) is 14.3 Å². The van der Waals surface area contributed by atoms with Crippen molar-refractivity contribution in [3.05, 3.63) is 41.7 Å². The third-order valence-electron chi connectivity index (χ3n) is 4.54. The lowest BCUT2D eigenvalue weighted by Crippen LogP contribution is -2.27. The molecule has 1 unspecified atom stereocenters. The van der Waals surface area contributed by atoms with Crippen LogP contribution in [0.15, 0.2) is 35.7 Å². The minimum atomic E-state index is 0.0131. The summed E-state index contributed by atoms with van der Waals surface area (Å²) in [6.45, 7) is 6.94. The van der Waals surface area contributed by atoms with Gasteiger partial charge in [-0.3, -0.25) is 9.36 Å². The Hall–Kier alpha value is -1.83. The molecule has 1 N–H and O–H groups in total. The Balaban J connectivity index is 1.36. The number of aryl methyl sites for hydroxylation is 2. The molecule has 1 aromatic carbocycles. The molecular formula is C21H29N3O3S. The van der Waals surface area contributed by atoms with Crippen LogP contribution in [0.25, 0.3) is 5.69 Å². The molecule has 152 valence electrons. The van der Waals surface area contributed by atoms with E-state index in [0.717, 1.165) is 36.7 Å². The summed E-state index contributed by atoms with van der Waals surface area (Å²) in [5.74, 6) is 0.359. The standard InChI is InChI=1S/C21H29N3O3S/c1-16-11-17(2)13-18(12-16)24-8-7-23-21(24)28-15-20(25)22-6-4-9-26-14-19-5-3-10-27-19/h7-8,11-13,19H,3-6,9-10,14-15H2,1-2H3,(H,22,25). The highest BCUT2D eigenvalue weighted by atomic mass is 32.2. The predicted molar refractivity (Wildman–Crippen MR) is 111 cm³/mol. The first-order valence-electron chi connectivity index (χ1n) is 9.82. The molecule has 1 aromatic heterocycles. The molecule has 0 aliphatic carbocycles. The molecule has 0 saturated carbocycles. The summed E-state index contributed by atoms with van der Waals surface area (Å²) < 4.78 is 13.1. The molecule has 1 aliphatic heterocycles. The second kappa shape index (κ2) is 10.6. The van der Waals surface area contributed by atoms with Crippen molar-refractivity contribution < 1.29 is 14.3 Å². The monoisotopic (exact) mass is 403 g/mol. The van der Waals surface area contributed by atoms with E-state index < -0.39 is 0 Å². The number of carbonyl (C=O) groups is 1. The SMILES string of the molecule is Cc1cc(C)cc(-n2ccnc2SCC(=O)NCCCOCC2CCCO2)c1. The van der Waals surface area contributed by atoms with Gasteiger partial charge in [0.2, 0.25) is 5.91 Å². The normalized spacial score (nSPS) is 16.4. The van der Waals surface area contributed by atoms with E-state index in [2.05, 4.69) is 42.3 Å². The maximum Gasteiger partial charge on any atom is 0.230 e. The van der Waals surface area contributed by atoms with Crippen LogP contribution < -0.4 is 5.32 Å². The summed E-state index contributed by atoms with van der Waals surface area (Å²) in [6, 6.07) is 6.38. The third-order valence-corrected chi connectivity index (χ3v) is 5.51. The van der Waals surface area contributed by atoms with Crippen LogP contribution in [0.2, 0.25) is 0 Å². The minimum absolute atomic E-state index is 0.0131. The number of carbonyl (C=O) groups excluding carboxylic acids is 1. The van der Waals surface area contributed by atoms with E-state index in [0.29, 0.717) is 25.5 Å². The number of thioether (sulfide) groups is 1. The number of amides is 1. The molecule has 2 heterocycles. The molecule has 6 nitrogen and oxygen atoms in total. The van der Waals surface area contributed by atoms with Crippen molar-refractivity contribution in [2.45, 2.75) is 44.4 Å². The lowest BCUT2D eigenvalue weighted by molar-refractivity contribution is -0.118. The zero-order valence-electron chi connectivity index (χ0n) is 16.6. The molecule has 28 heavy (non-hydrogen) atoms. The molecule has 1 aliphatic rings. The highest BCUT2D eigenvalue weighted by Crippen LogP contribution is 2.22. The summed E-state index contributed by atoms with van der Waals surface area (Å²) in [7, 11) is 0. The number of imidazole rings is 1. The molecule has 1 fully saturated rings. The first kappa shape index (κ1) is 20.9. The maximum atomic E-state index is 12.1. The van der Waals surface area contributed by atoms with Gasteiger partial charge in [0.05, 0.1) is 18.5 Å². The minimum Gasteiger partial charge on any atom is -0.379 e. The van der Waals surface area contributed by atoms with Crippen molar-refractivity contribution in [1.82, 2.24) is 14.9 Å². The molecular weight excluding hydrogens is 374 g/mol. The fourth-order valence-corrected chi connectivity index (χ4v) is 4.06. The number of ether oxygens (including phenoxy) is 2. The number of nitrogens with zero attached hydrogens (tertiary/aromatic N) is 2. The zero-order chi connectivity index (χ0) is 19.8.